The third-order valence-corrected chi connectivity index (χ3v) is 13.7. The van der Waals surface area contributed by atoms with E-state index in [1.165, 1.54) is 128 Å². The molecule has 0 saturated heterocycles. The smallest absolute Gasteiger partial charge is 0.0620 e. The Kier molecular flexibility index (Phi) is 13.8. The van der Waals surface area contributed by atoms with Crippen molar-refractivity contribution in [1.29, 1.82) is 0 Å². The number of benzene rings is 8. The zero-order chi connectivity index (χ0) is 47.4. The normalized spacial score (nSPS) is 13.1. The predicted octanol–water partition coefficient (Wildman–Crippen LogP) is 19.0. The Morgan fingerprint density at radius 2 is 1.04 bits per heavy atom. The number of hydrogen-bond acceptors (Lipinski definition) is 0. The van der Waals surface area contributed by atoms with Gasteiger partial charge in [-0.3, -0.25) is 0 Å². The fraction of sp³-hybridized carbons (Fsp3) is 0.212. The maximum absolute atomic E-state index is 2.44. The van der Waals surface area contributed by atoms with Crippen LogP contribution in [0, 0.1) is 20.8 Å². The molecule has 2 heterocycles. The molecule has 0 spiro atoms. The van der Waals surface area contributed by atoms with Crippen LogP contribution in [-0.2, 0) is 11.8 Å². The average molecular weight is 874 g/mol. The molecule has 1 nitrogen and oxygen atoms in total. The Hall–Kier alpha value is -6.96. The summed E-state index contributed by atoms with van der Waals surface area (Å²) < 4.78 is 2.44. The summed E-state index contributed by atoms with van der Waals surface area (Å²) in [6.07, 6.45) is 4.57. The lowest BCUT2D eigenvalue weighted by Crippen LogP contribution is -2.15. The van der Waals surface area contributed by atoms with Crippen molar-refractivity contribution in [2.75, 3.05) is 0 Å². The van der Waals surface area contributed by atoms with Gasteiger partial charge in [-0.2, -0.15) is 0 Å². The first-order valence-corrected chi connectivity index (χ1v) is 24.5. The van der Waals surface area contributed by atoms with E-state index in [1.807, 2.05) is 13.8 Å². The highest BCUT2D eigenvalue weighted by atomic mass is 14.9. The maximum atomic E-state index is 2.44. The highest BCUT2D eigenvalue weighted by Crippen LogP contribution is 2.50. The molecule has 0 atom stereocenters. The van der Waals surface area contributed by atoms with E-state index in [9.17, 15) is 0 Å². The average Bonchev–Trinajstić information content (AvgIpc) is 4.07. The first-order chi connectivity index (χ1) is 32.5. The first kappa shape index (κ1) is 46.6. The maximum Gasteiger partial charge on any atom is 0.0620 e. The molecule has 10 aromatic rings. The largest absolute Gasteiger partial charge is 0.308 e. The molecule has 0 bridgehead atoms. The zero-order valence-corrected chi connectivity index (χ0v) is 41.7. The summed E-state index contributed by atoms with van der Waals surface area (Å²) in [6.45, 7) is 23.8. The number of fused-ring (bicyclic) bond motifs is 10. The first-order valence-electron chi connectivity index (χ1n) is 24.5. The molecule has 0 fully saturated rings. The molecule has 1 heteroatoms. The molecule has 0 N–H and O–H groups in total. The summed E-state index contributed by atoms with van der Waals surface area (Å²) in [5, 5.41) is 5.42. The van der Waals surface area contributed by atoms with E-state index >= 15 is 0 Å². The SMILES string of the molecule is C/C=C(\C1=C(C)C(C)(C)c2ccccc21)c1ccc(C)cc1.CC.CCC.Cc1ccc(-c2ccc3c(c2)-c2ccccc2C3)cc1.Cc1cccc2c3cccc4c5ccccc5n(c12)c43. The van der Waals surface area contributed by atoms with Gasteiger partial charge in [0.1, 0.15) is 0 Å². The van der Waals surface area contributed by atoms with Gasteiger partial charge in [-0.15, -0.1) is 0 Å². The molecule has 0 unspecified atom stereocenters. The van der Waals surface area contributed by atoms with Crippen LogP contribution in [0.15, 0.2) is 188 Å². The van der Waals surface area contributed by atoms with Crippen LogP contribution >= 0.6 is 0 Å². The van der Waals surface area contributed by atoms with E-state index in [2.05, 4.69) is 249 Å². The van der Waals surface area contributed by atoms with E-state index in [4.69, 9.17) is 0 Å². The second-order valence-electron chi connectivity index (χ2n) is 18.5. The minimum Gasteiger partial charge on any atom is -0.308 e. The number of para-hydroxylation sites is 3. The zero-order valence-electron chi connectivity index (χ0n) is 41.7. The third kappa shape index (κ3) is 8.65. The van der Waals surface area contributed by atoms with Crippen molar-refractivity contribution in [3.8, 4) is 22.3 Å². The molecule has 8 aromatic carbocycles. The minimum atomic E-state index is 0.102. The Bertz CT molecular complexity index is 3380. The third-order valence-electron chi connectivity index (χ3n) is 13.7. The Morgan fingerprint density at radius 3 is 1.73 bits per heavy atom. The van der Waals surface area contributed by atoms with Gasteiger partial charge in [0.05, 0.1) is 16.6 Å². The number of aromatic nitrogens is 1. The van der Waals surface area contributed by atoms with Crippen LogP contribution in [-0.4, -0.2) is 4.40 Å². The topological polar surface area (TPSA) is 4.41 Å². The van der Waals surface area contributed by atoms with Crippen molar-refractivity contribution in [2.24, 2.45) is 0 Å². The van der Waals surface area contributed by atoms with Crippen molar-refractivity contribution >= 4 is 49.2 Å². The molecule has 0 saturated carbocycles. The number of allylic oxidation sites excluding steroid dienone is 4. The molecule has 2 aliphatic carbocycles. The van der Waals surface area contributed by atoms with Crippen LogP contribution in [0.2, 0.25) is 0 Å². The molecule has 0 aliphatic heterocycles. The van der Waals surface area contributed by atoms with Crippen molar-refractivity contribution in [2.45, 2.75) is 94.4 Å². The van der Waals surface area contributed by atoms with Gasteiger partial charge in [-0.25, -0.2) is 0 Å². The van der Waals surface area contributed by atoms with Gasteiger partial charge in [0.25, 0.3) is 0 Å². The van der Waals surface area contributed by atoms with Gasteiger partial charge in [0, 0.05) is 27.0 Å². The van der Waals surface area contributed by atoms with Gasteiger partial charge in [0.15, 0.2) is 0 Å². The van der Waals surface area contributed by atoms with Crippen LogP contribution in [0.5, 0.6) is 0 Å². The predicted molar refractivity (Wildman–Crippen MR) is 295 cm³/mol. The number of hydrogen-bond donors (Lipinski definition) is 0. The summed E-state index contributed by atoms with van der Waals surface area (Å²) in [6, 6.07) is 64.0. The van der Waals surface area contributed by atoms with Crippen LogP contribution in [0.25, 0.3) is 71.5 Å². The van der Waals surface area contributed by atoms with Gasteiger partial charge in [-0.05, 0) is 120 Å². The summed E-state index contributed by atoms with van der Waals surface area (Å²) in [4.78, 5) is 0. The molecule has 12 rings (SSSR count). The van der Waals surface area contributed by atoms with Gasteiger partial charge in [0.2, 0.25) is 0 Å². The summed E-state index contributed by atoms with van der Waals surface area (Å²) in [5.74, 6) is 0. The second-order valence-corrected chi connectivity index (χ2v) is 18.5. The van der Waals surface area contributed by atoms with E-state index in [0.717, 1.165) is 6.42 Å². The molecule has 2 aromatic heterocycles. The molecule has 2 aliphatic rings. The van der Waals surface area contributed by atoms with Gasteiger partial charge in [-0.1, -0.05) is 235 Å². The van der Waals surface area contributed by atoms with Crippen molar-refractivity contribution in [3.05, 3.63) is 232 Å². The highest BCUT2D eigenvalue weighted by Gasteiger charge is 2.36. The number of aryl methyl sites for hydroxylation is 3. The van der Waals surface area contributed by atoms with Crippen LogP contribution in [0.3, 0.4) is 0 Å². The lowest BCUT2D eigenvalue weighted by Gasteiger charge is -2.22. The minimum absolute atomic E-state index is 0.102. The van der Waals surface area contributed by atoms with Gasteiger partial charge >= 0.3 is 0 Å². The standard InChI is InChI=1S/C22H24.C20H16.C19H13N.C3H8.C2H6/c1-6-18(17-13-11-15(2)12-14-17)21-16(3)22(4,5)20-10-8-7-9-19(20)21;1-14-6-8-15(9-7-14)16-10-11-18-12-17-4-2-3-5-19(17)20(18)13-16;1-12-6-4-8-15-16-10-5-9-14-13-7-2-3-11-17(13)20(18(12)15)19(14)16;1-3-2;1-2/h6-14H,1-5H3;2-11,13H,12H2,1H3;2-11H,1H3;3H2,1-2H3;1-2H3/b18-6-;;;;. The quantitative estimate of drug-likeness (QED) is 0.167. The van der Waals surface area contributed by atoms with E-state index in [1.54, 1.807) is 0 Å². The molecular weight excluding hydrogens is 807 g/mol. The number of rotatable bonds is 3. The van der Waals surface area contributed by atoms with Crippen LogP contribution < -0.4 is 0 Å². The number of nitrogens with zero attached hydrogens (tertiary/aromatic N) is 1. The van der Waals surface area contributed by atoms with E-state index in [0.29, 0.717) is 0 Å². The van der Waals surface area contributed by atoms with E-state index < -0.39 is 0 Å². The lowest BCUT2D eigenvalue weighted by molar-refractivity contribution is 0.639. The molecule has 0 radical (unpaired) electrons. The summed E-state index contributed by atoms with van der Waals surface area (Å²) in [5.41, 5.74) is 24.7. The van der Waals surface area contributed by atoms with E-state index in [-0.39, 0.29) is 5.41 Å². The molecule has 336 valence electrons. The molecular formula is C66H67N. The fourth-order valence-electron chi connectivity index (χ4n) is 10.2. The molecule has 67 heavy (non-hydrogen) atoms. The Labute approximate surface area is 400 Å². The monoisotopic (exact) mass is 874 g/mol. The summed E-state index contributed by atoms with van der Waals surface area (Å²) >= 11 is 0. The van der Waals surface area contributed by atoms with Crippen molar-refractivity contribution in [1.82, 2.24) is 4.40 Å². The van der Waals surface area contributed by atoms with Crippen molar-refractivity contribution in [3.63, 3.8) is 0 Å². The van der Waals surface area contributed by atoms with Crippen LogP contribution in [0.1, 0.15) is 106 Å². The Balaban J connectivity index is 0.000000130. The van der Waals surface area contributed by atoms with Crippen LogP contribution in [0.4, 0.5) is 0 Å². The second kappa shape index (κ2) is 19.9. The fourth-order valence-corrected chi connectivity index (χ4v) is 10.2. The van der Waals surface area contributed by atoms with Gasteiger partial charge < -0.3 is 4.40 Å². The summed E-state index contributed by atoms with van der Waals surface area (Å²) in [7, 11) is 0. The Morgan fingerprint density at radius 1 is 0.522 bits per heavy atom. The molecule has 0 amide bonds. The van der Waals surface area contributed by atoms with Crippen molar-refractivity contribution < 1.29 is 0 Å². The highest BCUT2D eigenvalue weighted by molar-refractivity contribution is 6.23. The lowest BCUT2D eigenvalue weighted by atomic mass is 9.82.